The van der Waals surface area contributed by atoms with Crippen LogP contribution in [0.1, 0.15) is 25.7 Å². The zero-order chi connectivity index (χ0) is 17.8. The van der Waals surface area contributed by atoms with Gasteiger partial charge in [-0.15, -0.1) is 0 Å². The van der Waals surface area contributed by atoms with Crippen LogP contribution in [0.15, 0.2) is 24.4 Å². The molecule has 142 valence electrons. The summed E-state index contributed by atoms with van der Waals surface area (Å²) in [5.74, 6) is 4.05. The molecule has 0 bridgehead atoms. The maximum absolute atomic E-state index is 13.1. The van der Waals surface area contributed by atoms with Gasteiger partial charge in [-0.3, -0.25) is 9.69 Å². The number of piperidine rings is 2. The molecule has 3 aliphatic rings. The van der Waals surface area contributed by atoms with Crippen molar-refractivity contribution in [1.82, 2.24) is 14.8 Å². The van der Waals surface area contributed by atoms with Crippen molar-refractivity contribution < 1.29 is 4.79 Å². The molecule has 1 aromatic heterocycles. The molecule has 3 saturated heterocycles. The summed E-state index contributed by atoms with van der Waals surface area (Å²) in [6.07, 6.45) is 6.23. The summed E-state index contributed by atoms with van der Waals surface area (Å²) < 4.78 is 0. The number of thioether (sulfide) groups is 1. The van der Waals surface area contributed by atoms with Crippen LogP contribution in [-0.2, 0) is 4.79 Å². The minimum Gasteiger partial charge on any atom is -0.356 e. The van der Waals surface area contributed by atoms with E-state index in [1.807, 2.05) is 18.3 Å². The molecule has 1 atom stereocenters. The number of nitrogens with zero attached hydrogens (tertiary/aromatic N) is 4. The molecular formula is C20H30N4OS. The van der Waals surface area contributed by atoms with E-state index in [1.54, 1.807) is 0 Å². The van der Waals surface area contributed by atoms with Crippen LogP contribution >= 0.6 is 11.8 Å². The van der Waals surface area contributed by atoms with E-state index in [1.165, 1.54) is 24.6 Å². The Hall–Kier alpha value is -1.27. The fourth-order valence-corrected chi connectivity index (χ4v) is 5.51. The first-order valence-electron chi connectivity index (χ1n) is 10.1. The fraction of sp³-hybridized carbons (Fsp3) is 0.700. The average molecular weight is 375 g/mol. The van der Waals surface area contributed by atoms with E-state index >= 15 is 0 Å². The first kappa shape index (κ1) is 18.1. The van der Waals surface area contributed by atoms with Gasteiger partial charge in [0.2, 0.25) is 5.91 Å². The molecule has 1 amide bonds. The van der Waals surface area contributed by atoms with Crippen molar-refractivity contribution in [3.63, 3.8) is 0 Å². The van der Waals surface area contributed by atoms with Crippen LogP contribution in [0.5, 0.6) is 0 Å². The van der Waals surface area contributed by atoms with Gasteiger partial charge in [-0.2, -0.15) is 11.8 Å². The Labute approximate surface area is 161 Å². The molecule has 4 heterocycles. The van der Waals surface area contributed by atoms with Crippen LogP contribution in [0.2, 0.25) is 0 Å². The molecule has 0 aliphatic carbocycles. The van der Waals surface area contributed by atoms with Crippen molar-refractivity contribution >= 4 is 23.5 Å². The number of amides is 1. The van der Waals surface area contributed by atoms with E-state index in [2.05, 4.69) is 37.5 Å². The second-order valence-corrected chi connectivity index (χ2v) is 8.90. The monoisotopic (exact) mass is 374 g/mol. The maximum atomic E-state index is 13.1. The second kappa shape index (κ2) is 8.61. The molecule has 5 nitrogen and oxygen atoms in total. The number of anilines is 1. The lowest BCUT2D eigenvalue weighted by Crippen LogP contribution is -2.51. The van der Waals surface area contributed by atoms with Crippen molar-refractivity contribution in [2.75, 3.05) is 55.7 Å². The summed E-state index contributed by atoms with van der Waals surface area (Å²) in [4.78, 5) is 24.6. The van der Waals surface area contributed by atoms with Crippen LogP contribution < -0.4 is 4.90 Å². The van der Waals surface area contributed by atoms with E-state index in [0.29, 0.717) is 11.9 Å². The van der Waals surface area contributed by atoms with Crippen molar-refractivity contribution in [2.45, 2.75) is 31.7 Å². The molecule has 0 radical (unpaired) electrons. The normalized spacial score (nSPS) is 26.1. The van der Waals surface area contributed by atoms with Crippen molar-refractivity contribution in [3.05, 3.63) is 24.4 Å². The summed E-state index contributed by atoms with van der Waals surface area (Å²) in [5, 5.41) is 0. The van der Waals surface area contributed by atoms with Gasteiger partial charge in [0.05, 0.1) is 5.92 Å². The number of hydrogen-bond acceptors (Lipinski definition) is 5. The first-order valence-corrected chi connectivity index (χ1v) is 11.2. The predicted octanol–water partition coefficient (Wildman–Crippen LogP) is 2.34. The second-order valence-electron chi connectivity index (χ2n) is 7.68. The Bertz CT molecular complexity index is 585. The quantitative estimate of drug-likeness (QED) is 0.812. The van der Waals surface area contributed by atoms with E-state index in [-0.39, 0.29) is 5.92 Å². The summed E-state index contributed by atoms with van der Waals surface area (Å²) in [5.41, 5.74) is 0. The topological polar surface area (TPSA) is 39.7 Å². The molecular weight excluding hydrogens is 344 g/mol. The van der Waals surface area contributed by atoms with Crippen molar-refractivity contribution in [1.29, 1.82) is 0 Å². The van der Waals surface area contributed by atoms with Gasteiger partial charge in [-0.05, 0) is 37.8 Å². The summed E-state index contributed by atoms with van der Waals surface area (Å²) in [7, 11) is 0. The van der Waals surface area contributed by atoms with Gasteiger partial charge in [0.25, 0.3) is 0 Å². The molecule has 1 aromatic rings. The fourth-order valence-electron chi connectivity index (χ4n) is 4.58. The van der Waals surface area contributed by atoms with Gasteiger partial charge in [0, 0.05) is 63.0 Å². The van der Waals surface area contributed by atoms with Crippen LogP contribution in [0, 0.1) is 5.92 Å². The summed E-state index contributed by atoms with van der Waals surface area (Å²) in [6.45, 7) is 6.16. The Morgan fingerprint density at radius 2 is 1.85 bits per heavy atom. The lowest BCUT2D eigenvalue weighted by Gasteiger charge is -2.42. The van der Waals surface area contributed by atoms with Gasteiger partial charge >= 0.3 is 0 Å². The number of aromatic nitrogens is 1. The largest absolute Gasteiger partial charge is 0.356 e. The highest BCUT2D eigenvalue weighted by molar-refractivity contribution is 7.99. The Kier molecular flexibility index (Phi) is 6.00. The van der Waals surface area contributed by atoms with Crippen molar-refractivity contribution in [2.24, 2.45) is 5.92 Å². The standard InChI is InChI=1S/C20H30N4OS/c25-20(17-4-3-9-24(16-17)19-5-1-2-8-21-19)23-10-6-18(7-11-23)22-12-14-26-15-13-22/h1-2,5,8,17-18H,3-4,6-7,9-16H2/t17-/m0/s1. The number of pyridine rings is 1. The first-order chi connectivity index (χ1) is 12.8. The molecule has 3 aliphatic heterocycles. The molecule has 0 spiro atoms. The molecule has 0 saturated carbocycles. The van der Waals surface area contributed by atoms with Crippen LogP contribution in [0.4, 0.5) is 5.82 Å². The number of carbonyl (C=O) groups is 1. The summed E-state index contributed by atoms with van der Waals surface area (Å²) >= 11 is 2.07. The van der Waals surface area contributed by atoms with E-state index < -0.39 is 0 Å². The van der Waals surface area contributed by atoms with E-state index in [9.17, 15) is 4.79 Å². The van der Waals surface area contributed by atoms with Crippen LogP contribution in [0.25, 0.3) is 0 Å². The number of rotatable bonds is 3. The number of carbonyl (C=O) groups excluding carboxylic acids is 1. The molecule has 0 N–H and O–H groups in total. The van der Waals surface area contributed by atoms with Gasteiger partial charge in [0.15, 0.2) is 0 Å². The van der Waals surface area contributed by atoms with Gasteiger partial charge in [-0.1, -0.05) is 6.07 Å². The Morgan fingerprint density at radius 1 is 1.04 bits per heavy atom. The van der Waals surface area contributed by atoms with Crippen LogP contribution in [-0.4, -0.2) is 77.5 Å². The highest BCUT2D eigenvalue weighted by Gasteiger charge is 2.33. The lowest BCUT2D eigenvalue weighted by molar-refractivity contribution is -0.137. The predicted molar refractivity (Wildman–Crippen MR) is 108 cm³/mol. The molecule has 0 unspecified atom stereocenters. The molecule has 0 aromatic carbocycles. The average Bonchev–Trinajstić information content (AvgIpc) is 2.75. The molecule has 26 heavy (non-hydrogen) atoms. The molecule has 6 heteroatoms. The van der Waals surface area contributed by atoms with Gasteiger partial charge < -0.3 is 9.80 Å². The summed E-state index contributed by atoms with van der Waals surface area (Å²) in [6, 6.07) is 6.71. The minimum absolute atomic E-state index is 0.133. The van der Waals surface area contributed by atoms with Crippen molar-refractivity contribution in [3.8, 4) is 0 Å². The van der Waals surface area contributed by atoms with Gasteiger partial charge in [-0.25, -0.2) is 4.98 Å². The molecule has 3 fully saturated rings. The Balaban J connectivity index is 1.30. The SMILES string of the molecule is O=C([C@H]1CCCN(c2ccccn2)C1)N1CCC(N2CCSCC2)CC1. The molecule has 4 rings (SSSR count). The smallest absolute Gasteiger partial charge is 0.227 e. The lowest BCUT2D eigenvalue weighted by atomic mass is 9.94. The highest BCUT2D eigenvalue weighted by Crippen LogP contribution is 2.26. The van der Waals surface area contributed by atoms with Gasteiger partial charge in [0.1, 0.15) is 5.82 Å². The third-order valence-corrected chi connectivity index (χ3v) is 7.02. The third kappa shape index (κ3) is 4.17. The van der Waals surface area contributed by atoms with E-state index in [0.717, 1.165) is 57.7 Å². The number of hydrogen-bond donors (Lipinski definition) is 0. The zero-order valence-corrected chi connectivity index (χ0v) is 16.4. The zero-order valence-electron chi connectivity index (χ0n) is 15.6. The number of likely N-dealkylation sites (tertiary alicyclic amines) is 1. The highest BCUT2D eigenvalue weighted by atomic mass is 32.2. The Morgan fingerprint density at radius 3 is 2.58 bits per heavy atom. The van der Waals surface area contributed by atoms with Crippen LogP contribution in [0.3, 0.4) is 0 Å². The maximum Gasteiger partial charge on any atom is 0.227 e. The van der Waals surface area contributed by atoms with E-state index in [4.69, 9.17) is 0 Å². The third-order valence-electron chi connectivity index (χ3n) is 6.08. The minimum atomic E-state index is 0.133.